The Morgan fingerprint density at radius 2 is 1.88 bits per heavy atom. The smallest absolute Gasteiger partial charge is 0.159 e. The summed E-state index contributed by atoms with van der Waals surface area (Å²) in [6.07, 6.45) is 0. The number of halogens is 3. The quantitative estimate of drug-likeness (QED) is 0.748. The molecule has 1 aromatic carbocycles. The minimum atomic E-state index is -0.856. The third-order valence-electron chi connectivity index (χ3n) is 2.25. The van der Waals surface area contributed by atoms with Gasteiger partial charge in [0.05, 0.1) is 4.83 Å². The van der Waals surface area contributed by atoms with Gasteiger partial charge in [-0.25, -0.2) is 8.78 Å². The molecule has 2 aromatic rings. The second kappa shape index (κ2) is 4.37. The van der Waals surface area contributed by atoms with Crippen LogP contribution in [0.3, 0.4) is 0 Å². The van der Waals surface area contributed by atoms with Crippen molar-refractivity contribution in [3.8, 4) is 0 Å². The molecule has 1 atom stereocenters. The van der Waals surface area contributed by atoms with Crippen LogP contribution in [0.5, 0.6) is 0 Å². The Morgan fingerprint density at radius 3 is 2.44 bits per heavy atom. The first kappa shape index (κ1) is 11.3. The molecule has 0 aliphatic rings. The zero-order valence-electron chi connectivity index (χ0n) is 8.51. The topological polar surface area (TPSA) is 13.1 Å². The van der Waals surface area contributed by atoms with E-state index in [0.717, 1.165) is 17.9 Å². The average molecular weight is 287 g/mol. The molecule has 0 amide bonds. The van der Waals surface area contributed by atoms with E-state index in [9.17, 15) is 8.78 Å². The van der Waals surface area contributed by atoms with Crippen LogP contribution >= 0.6 is 15.9 Å². The van der Waals surface area contributed by atoms with Crippen LogP contribution in [-0.4, -0.2) is 0 Å². The summed E-state index contributed by atoms with van der Waals surface area (Å²) in [6.45, 7) is 1.83. The van der Waals surface area contributed by atoms with Crippen molar-refractivity contribution in [3.63, 3.8) is 0 Å². The Hall–Kier alpha value is -1.16. The van der Waals surface area contributed by atoms with Crippen molar-refractivity contribution in [2.75, 3.05) is 0 Å². The predicted octanol–water partition coefficient (Wildman–Crippen LogP) is 4.35. The number of benzene rings is 1. The molecule has 1 unspecified atom stereocenters. The Balaban J connectivity index is 2.33. The van der Waals surface area contributed by atoms with E-state index in [1.54, 1.807) is 6.07 Å². The first-order chi connectivity index (χ1) is 7.58. The van der Waals surface area contributed by atoms with Gasteiger partial charge >= 0.3 is 0 Å². The van der Waals surface area contributed by atoms with Gasteiger partial charge in [-0.05, 0) is 36.8 Å². The van der Waals surface area contributed by atoms with Gasteiger partial charge in [0.25, 0.3) is 0 Å². The fourth-order valence-electron chi connectivity index (χ4n) is 1.42. The SMILES string of the molecule is Cc1ccc(C(Br)c2ccc(F)c(F)c2)o1. The molecular formula is C12H9BrF2O. The monoisotopic (exact) mass is 286 g/mol. The molecule has 16 heavy (non-hydrogen) atoms. The molecule has 0 saturated carbocycles. The zero-order chi connectivity index (χ0) is 11.7. The first-order valence-corrected chi connectivity index (χ1v) is 5.65. The molecule has 0 aliphatic carbocycles. The summed E-state index contributed by atoms with van der Waals surface area (Å²) in [5.74, 6) is -0.255. The molecule has 4 heteroatoms. The lowest BCUT2D eigenvalue weighted by atomic mass is 10.1. The molecule has 0 aliphatic heterocycles. The van der Waals surface area contributed by atoms with Crippen molar-refractivity contribution >= 4 is 15.9 Å². The lowest BCUT2D eigenvalue weighted by molar-refractivity contribution is 0.488. The Labute approximate surface area is 100 Å². The first-order valence-electron chi connectivity index (χ1n) is 4.73. The summed E-state index contributed by atoms with van der Waals surface area (Å²) in [6, 6.07) is 7.41. The van der Waals surface area contributed by atoms with Gasteiger partial charge in [-0.1, -0.05) is 22.0 Å². The molecule has 0 fully saturated rings. The molecule has 0 bridgehead atoms. The number of alkyl halides is 1. The summed E-state index contributed by atoms with van der Waals surface area (Å²) >= 11 is 3.38. The van der Waals surface area contributed by atoms with Crippen LogP contribution in [0, 0.1) is 18.6 Å². The van der Waals surface area contributed by atoms with E-state index >= 15 is 0 Å². The fourth-order valence-corrected chi connectivity index (χ4v) is 1.95. The Bertz CT molecular complexity index is 507. The number of hydrogen-bond donors (Lipinski definition) is 0. The van der Waals surface area contributed by atoms with Gasteiger partial charge in [-0.2, -0.15) is 0 Å². The van der Waals surface area contributed by atoms with Gasteiger partial charge in [0.2, 0.25) is 0 Å². The minimum absolute atomic E-state index is 0.267. The highest BCUT2D eigenvalue weighted by Gasteiger charge is 2.15. The number of hydrogen-bond acceptors (Lipinski definition) is 1. The van der Waals surface area contributed by atoms with Crippen molar-refractivity contribution < 1.29 is 13.2 Å². The van der Waals surface area contributed by atoms with E-state index in [1.165, 1.54) is 6.07 Å². The van der Waals surface area contributed by atoms with Gasteiger partial charge in [-0.3, -0.25) is 0 Å². The summed E-state index contributed by atoms with van der Waals surface area (Å²) in [7, 11) is 0. The van der Waals surface area contributed by atoms with Crippen molar-refractivity contribution in [2.24, 2.45) is 0 Å². The van der Waals surface area contributed by atoms with Crippen LogP contribution < -0.4 is 0 Å². The highest BCUT2D eigenvalue weighted by atomic mass is 79.9. The molecule has 0 N–H and O–H groups in total. The second-order valence-corrected chi connectivity index (χ2v) is 4.40. The highest BCUT2D eigenvalue weighted by Crippen LogP contribution is 2.32. The average Bonchev–Trinajstić information content (AvgIpc) is 2.68. The van der Waals surface area contributed by atoms with E-state index in [1.807, 2.05) is 13.0 Å². The molecular weight excluding hydrogens is 278 g/mol. The lowest BCUT2D eigenvalue weighted by Crippen LogP contribution is -1.93. The molecule has 0 saturated heterocycles. The van der Waals surface area contributed by atoms with E-state index in [2.05, 4.69) is 15.9 Å². The molecule has 0 spiro atoms. The third kappa shape index (κ3) is 2.16. The zero-order valence-corrected chi connectivity index (χ0v) is 10.1. The van der Waals surface area contributed by atoms with E-state index in [-0.39, 0.29) is 4.83 Å². The number of furan rings is 1. The Morgan fingerprint density at radius 1 is 1.12 bits per heavy atom. The summed E-state index contributed by atoms with van der Waals surface area (Å²) in [5.41, 5.74) is 0.619. The standard InChI is InChI=1S/C12H9BrF2O/c1-7-2-5-11(16-7)12(13)8-3-4-9(14)10(15)6-8/h2-6,12H,1H3. The fraction of sp³-hybridized carbons (Fsp3) is 0.167. The van der Waals surface area contributed by atoms with Crippen LogP contribution in [-0.2, 0) is 0 Å². The van der Waals surface area contributed by atoms with Crippen LogP contribution in [0.15, 0.2) is 34.7 Å². The summed E-state index contributed by atoms with van der Waals surface area (Å²) in [5, 5.41) is 0. The van der Waals surface area contributed by atoms with Gasteiger partial charge in [-0.15, -0.1) is 0 Å². The number of rotatable bonds is 2. The molecule has 84 valence electrons. The van der Waals surface area contributed by atoms with Crippen molar-refractivity contribution in [2.45, 2.75) is 11.8 Å². The van der Waals surface area contributed by atoms with Crippen LogP contribution in [0.1, 0.15) is 21.9 Å². The number of aryl methyl sites for hydroxylation is 1. The maximum atomic E-state index is 13.0. The van der Waals surface area contributed by atoms with Crippen molar-refractivity contribution in [1.29, 1.82) is 0 Å². The molecule has 2 rings (SSSR count). The lowest BCUT2D eigenvalue weighted by Gasteiger charge is -2.07. The maximum absolute atomic E-state index is 13.0. The van der Waals surface area contributed by atoms with E-state index < -0.39 is 11.6 Å². The third-order valence-corrected chi connectivity index (χ3v) is 3.23. The van der Waals surface area contributed by atoms with Crippen LogP contribution in [0.4, 0.5) is 8.78 Å². The molecule has 1 heterocycles. The van der Waals surface area contributed by atoms with Crippen LogP contribution in [0.25, 0.3) is 0 Å². The minimum Gasteiger partial charge on any atom is -0.465 e. The normalized spacial score (nSPS) is 12.8. The molecule has 1 nitrogen and oxygen atoms in total. The molecule has 0 radical (unpaired) electrons. The van der Waals surface area contributed by atoms with E-state index in [0.29, 0.717) is 11.3 Å². The van der Waals surface area contributed by atoms with Crippen molar-refractivity contribution in [3.05, 3.63) is 59.1 Å². The molecule has 1 aromatic heterocycles. The maximum Gasteiger partial charge on any atom is 0.159 e. The summed E-state index contributed by atoms with van der Waals surface area (Å²) < 4.78 is 31.2. The predicted molar refractivity (Wildman–Crippen MR) is 60.6 cm³/mol. The van der Waals surface area contributed by atoms with Gasteiger partial charge in [0.15, 0.2) is 11.6 Å². The van der Waals surface area contributed by atoms with Gasteiger partial charge in [0.1, 0.15) is 11.5 Å². The second-order valence-electron chi connectivity index (χ2n) is 3.48. The Kier molecular flexibility index (Phi) is 3.10. The summed E-state index contributed by atoms with van der Waals surface area (Å²) in [4.78, 5) is -0.267. The van der Waals surface area contributed by atoms with Gasteiger partial charge < -0.3 is 4.42 Å². The van der Waals surface area contributed by atoms with Crippen LogP contribution in [0.2, 0.25) is 0 Å². The van der Waals surface area contributed by atoms with Gasteiger partial charge in [0, 0.05) is 0 Å². The van der Waals surface area contributed by atoms with E-state index in [4.69, 9.17) is 4.42 Å². The highest BCUT2D eigenvalue weighted by molar-refractivity contribution is 9.09. The largest absolute Gasteiger partial charge is 0.465 e. The van der Waals surface area contributed by atoms with Crippen molar-refractivity contribution in [1.82, 2.24) is 0 Å².